The lowest BCUT2D eigenvalue weighted by molar-refractivity contribution is -0.147. The number of rotatable bonds is 16. The quantitative estimate of drug-likeness (QED) is 0.214. The average molecular weight is 628 g/mol. The van der Waals surface area contributed by atoms with Gasteiger partial charge in [0.2, 0.25) is 0 Å². The van der Waals surface area contributed by atoms with Gasteiger partial charge in [0.25, 0.3) is 5.91 Å². The molecule has 0 bridgehead atoms. The molecule has 8 nitrogen and oxygen atoms in total. The van der Waals surface area contributed by atoms with Crippen LogP contribution in [-0.2, 0) is 30.3 Å². The molecule has 0 aromatic heterocycles. The van der Waals surface area contributed by atoms with Gasteiger partial charge in [0.15, 0.2) is 5.79 Å². The predicted octanol–water partition coefficient (Wildman–Crippen LogP) is 6.62. The van der Waals surface area contributed by atoms with E-state index in [4.69, 9.17) is 18.9 Å². The fourth-order valence-electron chi connectivity index (χ4n) is 6.08. The van der Waals surface area contributed by atoms with Crippen molar-refractivity contribution in [3.8, 4) is 11.1 Å². The lowest BCUT2D eigenvalue weighted by Gasteiger charge is -2.27. The van der Waals surface area contributed by atoms with Crippen LogP contribution in [-0.4, -0.2) is 72.8 Å². The van der Waals surface area contributed by atoms with Crippen molar-refractivity contribution in [1.82, 2.24) is 5.32 Å². The Labute approximate surface area is 266 Å². The summed E-state index contributed by atoms with van der Waals surface area (Å²) < 4.78 is 24.2. The standard InChI is InChI=1S/C35H49NO7S/c1-24-10-8-9-13-29(24)31-19-26(14-15-30(31)33(37)36-32(34(38)39)16-17-44-4)20-41-27(18-25-11-6-5-7-12-25)21-40-22-28-23-42-35(2,3)43-28/h8-10,13-15,19,25,27-28,32H,5-7,11-12,16-18,20-23H2,1-4H3,(H,36,37)(H,38,39)/t27?,28?,32-/m0/s1. The normalized spacial score (nSPS) is 19.9. The van der Waals surface area contributed by atoms with Crippen LogP contribution in [0.1, 0.15) is 80.3 Å². The summed E-state index contributed by atoms with van der Waals surface area (Å²) in [4.78, 5) is 25.3. The van der Waals surface area contributed by atoms with E-state index < -0.39 is 23.7 Å². The van der Waals surface area contributed by atoms with Gasteiger partial charge in [0.05, 0.1) is 32.5 Å². The van der Waals surface area contributed by atoms with Crippen molar-refractivity contribution in [2.24, 2.45) is 5.92 Å². The second-order valence-corrected chi connectivity index (χ2v) is 13.5. The number of carboxylic acids is 1. The van der Waals surface area contributed by atoms with Crippen molar-refractivity contribution in [3.05, 3.63) is 59.2 Å². The number of amides is 1. The molecule has 2 fully saturated rings. The molecule has 1 aliphatic carbocycles. The molecule has 2 aromatic rings. The maximum absolute atomic E-state index is 13.4. The summed E-state index contributed by atoms with van der Waals surface area (Å²) in [5, 5.41) is 12.4. The van der Waals surface area contributed by atoms with Gasteiger partial charge in [-0.2, -0.15) is 11.8 Å². The van der Waals surface area contributed by atoms with Gasteiger partial charge in [0.1, 0.15) is 12.1 Å². The minimum atomic E-state index is -1.03. The Balaban J connectivity index is 1.49. The van der Waals surface area contributed by atoms with E-state index in [9.17, 15) is 14.7 Å². The van der Waals surface area contributed by atoms with E-state index >= 15 is 0 Å². The Morgan fingerprint density at radius 2 is 1.89 bits per heavy atom. The molecule has 242 valence electrons. The first kappa shape index (κ1) is 34.4. The highest BCUT2D eigenvalue weighted by atomic mass is 32.2. The highest BCUT2D eigenvalue weighted by molar-refractivity contribution is 7.98. The summed E-state index contributed by atoms with van der Waals surface area (Å²) >= 11 is 1.55. The topological polar surface area (TPSA) is 103 Å². The molecule has 9 heteroatoms. The zero-order valence-electron chi connectivity index (χ0n) is 26.6. The SMILES string of the molecule is CSCC[C@H](NC(=O)c1ccc(COC(COCC2COC(C)(C)O2)CC2CCCCC2)cc1-c1ccccc1C)C(=O)O. The fourth-order valence-corrected chi connectivity index (χ4v) is 6.55. The van der Waals surface area contributed by atoms with E-state index in [1.54, 1.807) is 17.8 Å². The van der Waals surface area contributed by atoms with E-state index in [-0.39, 0.29) is 12.2 Å². The van der Waals surface area contributed by atoms with Crippen LogP contribution in [0.25, 0.3) is 11.1 Å². The van der Waals surface area contributed by atoms with Crippen LogP contribution < -0.4 is 5.32 Å². The van der Waals surface area contributed by atoms with Gasteiger partial charge < -0.3 is 29.4 Å². The van der Waals surface area contributed by atoms with Gasteiger partial charge in [0, 0.05) is 5.56 Å². The van der Waals surface area contributed by atoms with Gasteiger partial charge in [-0.1, -0.05) is 62.4 Å². The lowest BCUT2D eigenvalue weighted by Crippen LogP contribution is -2.41. The molecular weight excluding hydrogens is 578 g/mol. The number of carboxylic acid groups (broad SMARTS) is 1. The molecule has 2 unspecified atom stereocenters. The third-order valence-corrected chi connectivity index (χ3v) is 9.10. The zero-order chi connectivity index (χ0) is 31.5. The third kappa shape index (κ3) is 10.3. The Bertz CT molecular complexity index is 1230. The van der Waals surface area contributed by atoms with E-state index in [2.05, 4.69) is 5.32 Å². The van der Waals surface area contributed by atoms with Crippen LogP contribution in [0.5, 0.6) is 0 Å². The van der Waals surface area contributed by atoms with Gasteiger partial charge >= 0.3 is 5.97 Å². The van der Waals surface area contributed by atoms with Crippen LogP contribution in [0, 0.1) is 12.8 Å². The zero-order valence-corrected chi connectivity index (χ0v) is 27.5. The molecule has 1 amide bonds. The van der Waals surface area contributed by atoms with Crippen LogP contribution in [0.3, 0.4) is 0 Å². The number of hydrogen-bond donors (Lipinski definition) is 2. The van der Waals surface area contributed by atoms with Crippen LogP contribution >= 0.6 is 11.8 Å². The molecule has 2 aromatic carbocycles. The minimum absolute atomic E-state index is 0.0638. The van der Waals surface area contributed by atoms with Crippen molar-refractivity contribution in [3.63, 3.8) is 0 Å². The molecule has 1 saturated carbocycles. The van der Waals surface area contributed by atoms with E-state index in [1.165, 1.54) is 32.1 Å². The smallest absolute Gasteiger partial charge is 0.326 e. The van der Waals surface area contributed by atoms with Crippen molar-refractivity contribution in [2.45, 2.75) is 96.4 Å². The maximum Gasteiger partial charge on any atom is 0.326 e. The van der Waals surface area contributed by atoms with Crippen molar-refractivity contribution < 1.29 is 33.6 Å². The minimum Gasteiger partial charge on any atom is -0.480 e. The van der Waals surface area contributed by atoms with Gasteiger partial charge in [-0.25, -0.2) is 4.79 Å². The second-order valence-electron chi connectivity index (χ2n) is 12.5. The van der Waals surface area contributed by atoms with Crippen molar-refractivity contribution >= 4 is 23.6 Å². The highest BCUT2D eigenvalue weighted by Gasteiger charge is 2.33. The highest BCUT2D eigenvalue weighted by Crippen LogP contribution is 2.31. The first-order valence-electron chi connectivity index (χ1n) is 15.9. The number of carbonyl (C=O) groups excluding carboxylic acids is 1. The molecule has 1 aliphatic heterocycles. The molecule has 0 spiro atoms. The maximum atomic E-state index is 13.4. The van der Waals surface area contributed by atoms with Crippen LogP contribution in [0.15, 0.2) is 42.5 Å². The largest absolute Gasteiger partial charge is 0.480 e. The number of nitrogens with one attached hydrogen (secondary N) is 1. The summed E-state index contributed by atoms with van der Waals surface area (Å²) in [6, 6.07) is 12.7. The summed E-state index contributed by atoms with van der Waals surface area (Å²) in [5.41, 5.74) is 4.11. The van der Waals surface area contributed by atoms with Gasteiger partial charge in [-0.15, -0.1) is 0 Å². The van der Waals surface area contributed by atoms with Crippen LogP contribution in [0.2, 0.25) is 0 Å². The molecule has 44 heavy (non-hydrogen) atoms. The predicted molar refractivity (Wildman–Crippen MR) is 174 cm³/mol. The van der Waals surface area contributed by atoms with Crippen LogP contribution in [0.4, 0.5) is 0 Å². The number of aryl methyl sites for hydroxylation is 1. The Morgan fingerprint density at radius 3 is 2.57 bits per heavy atom. The third-order valence-electron chi connectivity index (χ3n) is 8.46. The molecule has 1 saturated heterocycles. The molecule has 0 radical (unpaired) electrons. The molecule has 4 rings (SSSR count). The number of carbonyl (C=O) groups is 2. The molecular formula is C35H49NO7S. The van der Waals surface area contributed by atoms with Gasteiger partial charge in [-0.3, -0.25) is 4.79 Å². The summed E-state index contributed by atoms with van der Waals surface area (Å²) in [6.45, 7) is 7.68. The van der Waals surface area contributed by atoms with Crippen molar-refractivity contribution in [2.75, 3.05) is 31.8 Å². The summed E-state index contributed by atoms with van der Waals surface area (Å²) in [6.07, 6.45) is 9.37. The molecule has 3 atom stereocenters. The molecule has 2 N–H and O–H groups in total. The first-order chi connectivity index (χ1) is 21.1. The van der Waals surface area contributed by atoms with Crippen molar-refractivity contribution in [1.29, 1.82) is 0 Å². The number of thioether (sulfide) groups is 1. The monoisotopic (exact) mass is 627 g/mol. The van der Waals surface area contributed by atoms with Gasteiger partial charge in [-0.05, 0) is 85.9 Å². The Kier molecular flexibility index (Phi) is 13.1. The number of ether oxygens (including phenoxy) is 4. The van der Waals surface area contributed by atoms with E-state index in [0.29, 0.717) is 50.1 Å². The number of hydrogen-bond acceptors (Lipinski definition) is 7. The molecule has 1 heterocycles. The molecule has 2 aliphatic rings. The average Bonchev–Trinajstić information content (AvgIpc) is 3.36. The second kappa shape index (κ2) is 16.8. The summed E-state index contributed by atoms with van der Waals surface area (Å²) in [7, 11) is 0. The summed E-state index contributed by atoms with van der Waals surface area (Å²) in [5.74, 6) is -0.730. The number of benzene rings is 2. The number of aliphatic carboxylic acids is 1. The van der Waals surface area contributed by atoms with E-state index in [0.717, 1.165) is 28.7 Å². The van der Waals surface area contributed by atoms with E-state index in [1.807, 2.05) is 63.4 Å². The first-order valence-corrected chi connectivity index (χ1v) is 17.3. The fraction of sp³-hybridized carbons (Fsp3) is 0.600. The lowest BCUT2D eigenvalue weighted by atomic mass is 9.85. The Morgan fingerprint density at radius 1 is 1.11 bits per heavy atom. The Hall–Kier alpha value is -2.43.